The molecular formula is C9H12N2O2. The van der Waals surface area contributed by atoms with Crippen LogP contribution in [0.2, 0.25) is 0 Å². The van der Waals surface area contributed by atoms with Crippen molar-refractivity contribution in [3.05, 3.63) is 17.7 Å². The van der Waals surface area contributed by atoms with E-state index in [2.05, 4.69) is 9.72 Å². The summed E-state index contributed by atoms with van der Waals surface area (Å²) in [6.45, 7) is 0. The Morgan fingerprint density at radius 3 is 2.92 bits per heavy atom. The summed E-state index contributed by atoms with van der Waals surface area (Å²) in [7, 11) is 3.28. The Morgan fingerprint density at radius 1 is 1.69 bits per heavy atom. The summed E-state index contributed by atoms with van der Waals surface area (Å²) in [4.78, 5) is 15.4. The van der Waals surface area contributed by atoms with Crippen LogP contribution in [0.4, 0.5) is 0 Å². The van der Waals surface area contributed by atoms with Crippen LogP contribution in [0.15, 0.2) is 6.20 Å². The average Bonchev–Trinajstić information content (AvgIpc) is 2.89. The largest absolute Gasteiger partial charge is 0.464 e. The van der Waals surface area contributed by atoms with Crippen molar-refractivity contribution in [1.29, 1.82) is 0 Å². The summed E-state index contributed by atoms with van der Waals surface area (Å²) in [6, 6.07) is 0. The van der Waals surface area contributed by atoms with Crippen LogP contribution in [0.1, 0.15) is 35.1 Å². The molecule has 1 aliphatic rings. The topological polar surface area (TPSA) is 44.1 Å². The predicted molar refractivity (Wildman–Crippen MR) is 46.5 cm³/mol. The first-order chi connectivity index (χ1) is 6.22. The minimum atomic E-state index is -0.359. The lowest BCUT2D eigenvalue weighted by Gasteiger charge is -1.94. The van der Waals surface area contributed by atoms with Crippen molar-refractivity contribution in [2.45, 2.75) is 18.8 Å². The third-order valence-corrected chi connectivity index (χ3v) is 2.25. The fourth-order valence-corrected chi connectivity index (χ4v) is 1.40. The number of ether oxygens (including phenoxy) is 1. The van der Waals surface area contributed by atoms with Gasteiger partial charge in [0.05, 0.1) is 7.11 Å². The number of methoxy groups -OCH3 is 1. The SMILES string of the molecule is COC(=O)c1cn(C)c(C2CC2)n1. The fourth-order valence-electron chi connectivity index (χ4n) is 1.40. The van der Waals surface area contributed by atoms with Crippen molar-refractivity contribution in [1.82, 2.24) is 9.55 Å². The molecule has 0 unspecified atom stereocenters. The quantitative estimate of drug-likeness (QED) is 0.640. The van der Waals surface area contributed by atoms with Gasteiger partial charge in [-0.05, 0) is 12.8 Å². The van der Waals surface area contributed by atoms with E-state index >= 15 is 0 Å². The van der Waals surface area contributed by atoms with Gasteiger partial charge in [-0.3, -0.25) is 0 Å². The van der Waals surface area contributed by atoms with E-state index in [0.717, 1.165) is 5.82 Å². The Kier molecular flexibility index (Phi) is 1.83. The number of aromatic nitrogens is 2. The van der Waals surface area contributed by atoms with Crippen LogP contribution in [-0.4, -0.2) is 22.6 Å². The van der Waals surface area contributed by atoms with Gasteiger partial charge in [-0.25, -0.2) is 9.78 Å². The first-order valence-corrected chi connectivity index (χ1v) is 4.34. The highest BCUT2D eigenvalue weighted by Crippen LogP contribution is 2.39. The Balaban J connectivity index is 2.28. The van der Waals surface area contributed by atoms with Crippen molar-refractivity contribution >= 4 is 5.97 Å². The maximum absolute atomic E-state index is 11.1. The van der Waals surface area contributed by atoms with Crippen molar-refractivity contribution in [2.75, 3.05) is 7.11 Å². The average molecular weight is 180 g/mol. The number of aryl methyl sites for hydroxylation is 1. The molecule has 0 amide bonds. The number of carbonyl (C=O) groups is 1. The molecule has 1 heterocycles. The highest BCUT2D eigenvalue weighted by molar-refractivity contribution is 5.86. The summed E-state index contributed by atoms with van der Waals surface area (Å²) < 4.78 is 6.50. The van der Waals surface area contributed by atoms with Gasteiger partial charge in [-0.1, -0.05) is 0 Å². The van der Waals surface area contributed by atoms with E-state index in [4.69, 9.17) is 0 Å². The van der Waals surface area contributed by atoms with Crippen LogP contribution in [0.5, 0.6) is 0 Å². The van der Waals surface area contributed by atoms with Crippen LogP contribution in [-0.2, 0) is 11.8 Å². The van der Waals surface area contributed by atoms with Gasteiger partial charge in [-0.15, -0.1) is 0 Å². The standard InChI is InChI=1S/C9H12N2O2/c1-11-5-7(9(12)13-2)10-8(11)6-3-4-6/h5-6H,3-4H2,1-2H3. The van der Waals surface area contributed by atoms with Gasteiger partial charge < -0.3 is 9.30 Å². The Bertz CT molecular complexity index is 339. The molecule has 4 heteroatoms. The molecule has 13 heavy (non-hydrogen) atoms. The molecule has 1 aliphatic carbocycles. The second-order valence-electron chi connectivity index (χ2n) is 3.36. The van der Waals surface area contributed by atoms with Gasteiger partial charge in [-0.2, -0.15) is 0 Å². The molecule has 0 atom stereocenters. The monoisotopic (exact) mass is 180 g/mol. The maximum Gasteiger partial charge on any atom is 0.358 e. The van der Waals surface area contributed by atoms with E-state index in [1.165, 1.54) is 20.0 Å². The van der Waals surface area contributed by atoms with E-state index in [-0.39, 0.29) is 5.97 Å². The molecule has 1 fully saturated rings. The van der Waals surface area contributed by atoms with Crippen LogP contribution in [0.3, 0.4) is 0 Å². The van der Waals surface area contributed by atoms with E-state index in [9.17, 15) is 4.79 Å². The number of hydrogen-bond acceptors (Lipinski definition) is 3. The lowest BCUT2D eigenvalue weighted by Crippen LogP contribution is -2.01. The van der Waals surface area contributed by atoms with Gasteiger partial charge in [0.2, 0.25) is 0 Å². The Labute approximate surface area is 76.5 Å². The number of hydrogen-bond donors (Lipinski definition) is 0. The van der Waals surface area contributed by atoms with E-state index in [1.54, 1.807) is 6.20 Å². The normalized spacial score (nSPS) is 15.8. The summed E-state index contributed by atoms with van der Waals surface area (Å²) in [5, 5.41) is 0. The van der Waals surface area contributed by atoms with Gasteiger partial charge >= 0.3 is 5.97 Å². The second kappa shape index (κ2) is 2.87. The molecule has 1 saturated carbocycles. The molecule has 0 bridgehead atoms. The summed E-state index contributed by atoms with van der Waals surface area (Å²) in [6.07, 6.45) is 4.09. The fraction of sp³-hybridized carbons (Fsp3) is 0.556. The third-order valence-electron chi connectivity index (χ3n) is 2.25. The van der Waals surface area contributed by atoms with Crippen LogP contribution in [0.25, 0.3) is 0 Å². The lowest BCUT2D eigenvalue weighted by molar-refractivity contribution is 0.0594. The van der Waals surface area contributed by atoms with Gasteiger partial charge in [0, 0.05) is 19.2 Å². The molecule has 2 rings (SSSR count). The van der Waals surface area contributed by atoms with Crippen molar-refractivity contribution in [2.24, 2.45) is 7.05 Å². The molecule has 70 valence electrons. The van der Waals surface area contributed by atoms with Crippen molar-refractivity contribution in [3.63, 3.8) is 0 Å². The molecule has 0 radical (unpaired) electrons. The van der Waals surface area contributed by atoms with Crippen molar-refractivity contribution in [3.8, 4) is 0 Å². The van der Waals surface area contributed by atoms with E-state index in [0.29, 0.717) is 11.6 Å². The summed E-state index contributed by atoms with van der Waals surface area (Å²) in [5.74, 6) is 1.20. The predicted octanol–water partition coefficient (Wildman–Crippen LogP) is 1.08. The summed E-state index contributed by atoms with van der Waals surface area (Å²) >= 11 is 0. The molecule has 0 N–H and O–H groups in total. The first-order valence-electron chi connectivity index (χ1n) is 4.34. The van der Waals surface area contributed by atoms with Crippen molar-refractivity contribution < 1.29 is 9.53 Å². The van der Waals surface area contributed by atoms with Gasteiger partial charge in [0.1, 0.15) is 5.82 Å². The zero-order valence-corrected chi connectivity index (χ0v) is 7.78. The molecule has 0 aromatic carbocycles. The number of imidazole rings is 1. The maximum atomic E-state index is 11.1. The smallest absolute Gasteiger partial charge is 0.358 e. The van der Waals surface area contributed by atoms with E-state index < -0.39 is 0 Å². The molecule has 4 nitrogen and oxygen atoms in total. The number of nitrogens with zero attached hydrogens (tertiary/aromatic N) is 2. The number of esters is 1. The van der Waals surface area contributed by atoms with Gasteiger partial charge in [0.15, 0.2) is 5.69 Å². The van der Waals surface area contributed by atoms with Crippen LogP contribution in [0, 0.1) is 0 Å². The minimum absolute atomic E-state index is 0.359. The molecule has 0 saturated heterocycles. The zero-order valence-electron chi connectivity index (χ0n) is 7.78. The number of carbonyl (C=O) groups excluding carboxylic acids is 1. The van der Waals surface area contributed by atoms with E-state index in [1.807, 2.05) is 11.6 Å². The second-order valence-corrected chi connectivity index (χ2v) is 3.36. The third kappa shape index (κ3) is 1.43. The molecular weight excluding hydrogens is 168 g/mol. The molecule has 0 spiro atoms. The summed E-state index contributed by atoms with van der Waals surface area (Å²) in [5.41, 5.74) is 0.409. The highest BCUT2D eigenvalue weighted by atomic mass is 16.5. The molecule has 1 aromatic rings. The zero-order chi connectivity index (χ0) is 9.42. The first kappa shape index (κ1) is 8.29. The van der Waals surface area contributed by atoms with Crippen LogP contribution < -0.4 is 0 Å². The van der Waals surface area contributed by atoms with Gasteiger partial charge in [0.25, 0.3) is 0 Å². The lowest BCUT2D eigenvalue weighted by atomic mass is 10.4. The number of rotatable bonds is 2. The Hall–Kier alpha value is -1.32. The van der Waals surface area contributed by atoms with Crippen LogP contribution >= 0.6 is 0 Å². The molecule has 0 aliphatic heterocycles. The Morgan fingerprint density at radius 2 is 2.38 bits per heavy atom. The molecule has 1 aromatic heterocycles. The highest BCUT2D eigenvalue weighted by Gasteiger charge is 2.29. The minimum Gasteiger partial charge on any atom is -0.464 e.